The fraction of sp³-hybridized carbons (Fsp3) is 0. The van der Waals surface area contributed by atoms with Crippen molar-refractivity contribution in [2.24, 2.45) is 0 Å². The maximum Gasteiger partial charge on any atom is 0.187 e. The van der Waals surface area contributed by atoms with E-state index in [4.69, 9.17) is 6.57 Å². The van der Waals surface area contributed by atoms with E-state index in [1.807, 2.05) is 36.4 Å². The molecule has 0 aliphatic heterocycles. The van der Waals surface area contributed by atoms with E-state index >= 15 is 0 Å². The van der Waals surface area contributed by atoms with Crippen molar-refractivity contribution in [2.45, 2.75) is 0 Å². The Hall–Kier alpha value is -4.66. The van der Waals surface area contributed by atoms with Crippen molar-refractivity contribution in [3.05, 3.63) is 114 Å². The molecule has 0 aliphatic rings. The molecule has 0 radical (unpaired) electrons. The predicted octanol–water partition coefficient (Wildman–Crippen LogP) is 8.34. The molecule has 6 aromatic carbocycles. The number of benzene rings is 6. The van der Waals surface area contributed by atoms with Gasteiger partial charge in [0.25, 0.3) is 0 Å². The van der Waals surface area contributed by atoms with Crippen molar-refractivity contribution in [1.29, 1.82) is 5.26 Å². The van der Waals surface area contributed by atoms with E-state index in [1.165, 1.54) is 32.3 Å². The Morgan fingerprint density at radius 3 is 1.78 bits per heavy atom. The molecule has 0 aromatic heterocycles. The number of nitrogens with zero attached hydrogens (tertiary/aromatic N) is 2. The summed E-state index contributed by atoms with van der Waals surface area (Å²) in [7, 11) is 0. The third-order valence-electron chi connectivity index (χ3n) is 6.25. The molecule has 0 amide bonds. The third kappa shape index (κ3) is 2.64. The standard InChI is InChI=1S/C30H16N2/c1-32-24-7-3-6-23(17-24)26-13-9-21-10-14-27-25(22-5-2-4-19(16-22)18-31)12-8-20-11-15-28(26)30(21)29(20)27/h2-17H. The zero-order chi connectivity index (χ0) is 21.7. The topological polar surface area (TPSA) is 28.1 Å². The summed E-state index contributed by atoms with van der Waals surface area (Å²) in [5.74, 6) is 0. The molecule has 0 aliphatic carbocycles. The Balaban J connectivity index is 1.70. The SMILES string of the molecule is [C-]#[N+]c1cccc(-c2ccc3ccc4c(-c5cccc(C#N)c5)ccc5ccc2c3c54)c1. The van der Waals surface area contributed by atoms with Crippen LogP contribution >= 0.6 is 0 Å². The first-order valence-corrected chi connectivity index (χ1v) is 10.5. The molecule has 6 aromatic rings. The summed E-state index contributed by atoms with van der Waals surface area (Å²) in [6.45, 7) is 7.38. The van der Waals surface area contributed by atoms with Crippen LogP contribution in [0.5, 0.6) is 0 Å². The highest BCUT2D eigenvalue weighted by Gasteiger charge is 2.15. The Bertz CT molecular complexity index is 1610. The molecule has 0 heterocycles. The minimum Gasteiger partial charge on any atom is -0.238 e. The second kappa shape index (κ2) is 6.95. The molecule has 0 unspecified atom stereocenters. The molecule has 0 saturated carbocycles. The Morgan fingerprint density at radius 1 is 0.625 bits per heavy atom. The third-order valence-corrected chi connectivity index (χ3v) is 6.25. The molecule has 2 nitrogen and oxygen atoms in total. The molecule has 32 heavy (non-hydrogen) atoms. The van der Waals surface area contributed by atoms with Crippen molar-refractivity contribution in [1.82, 2.24) is 0 Å². The molecule has 0 bridgehead atoms. The average molecular weight is 404 g/mol. The maximum atomic E-state index is 9.35. The largest absolute Gasteiger partial charge is 0.238 e. The quantitative estimate of drug-likeness (QED) is 0.210. The van der Waals surface area contributed by atoms with Gasteiger partial charge in [0.2, 0.25) is 0 Å². The highest BCUT2D eigenvalue weighted by Crippen LogP contribution is 2.42. The van der Waals surface area contributed by atoms with Gasteiger partial charge in [-0.05, 0) is 72.8 Å². The Labute approximate surface area is 185 Å². The van der Waals surface area contributed by atoms with Gasteiger partial charge in [-0.2, -0.15) is 5.26 Å². The summed E-state index contributed by atoms with van der Waals surface area (Å²) < 4.78 is 0. The minimum atomic E-state index is 0.646. The molecule has 0 N–H and O–H groups in total. The minimum absolute atomic E-state index is 0.646. The van der Waals surface area contributed by atoms with E-state index in [0.717, 1.165) is 22.3 Å². The monoisotopic (exact) mass is 404 g/mol. The molecular weight excluding hydrogens is 388 g/mol. The van der Waals surface area contributed by atoms with Gasteiger partial charge in [-0.1, -0.05) is 78.9 Å². The van der Waals surface area contributed by atoms with E-state index in [-0.39, 0.29) is 0 Å². The van der Waals surface area contributed by atoms with Crippen LogP contribution in [0.15, 0.2) is 97.1 Å². The first kappa shape index (κ1) is 18.1. The first-order valence-electron chi connectivity index (χ1n) is 10.5. The van der Waals surface area contributed by atoms with Crippen LogP contribution in [0.3, 0.4) is 0 Å². The van der Waals surface area contributed by atoms with Gasteiger partial charge in [0, 0.05) is 0 Å². The van der Waals surface area contributed by atoms with Gasteiger partial charge in [-0.25, -0.2) is 4.85 Å². The Kier molecular flexibility index (Phi) is 3.94. The number of hydrogen-bond donors (Lipinski definition) is 0. The lowest BCUT2D eigenvalue weighted by Crippen LogP contribution is -1.89. The highest BCUT2D eigenvalue weighted by molar-refractivity contribution is 6.27. The van der Waals surface area contributed by atoms with Crippen molar-refractivity contribution < 1.29 is 0 Å². The lowest BCUT2D eigenvalue weighted by molar-refractivity contribution is 1.48. The van der Waals surface area contributed by atoms with Crippen LogP contribution in [-0.4, -0.2) is 0 Å². The average Bonchev–Trinajstić information content (AvgIpc) is 2.87. The van der Waals surface area contributed by atoms with Gasteiger partial charge >= 0.3 is 0 Å². The van der Waals surface area contributed by atoms with Crippen LogP contribution < -0.4 is 0 Å². The summed E-state index contributed by atoms with van der Waals surface area (Å²) in [5.41, 5.74) is 5.67. The van der Waals surface area contributed by atoms with Crippen molar-refractivity contribution in [3.8, 4) is 28.3 Å². The van der Waals surface area contributed by atoms with Crippen LogP contribution in [0.25, 0.3) is 59.4 Å². The first-order chi connectivity index (χ1) is 15.8. The lowest BCUT2D eigenvalue weighted by Gasteiger charge is -2.16. The number of rotatable bonds is 2. The lowest BCUT2D eigenvalue weighted by atomic mass is 9.87. The zero-order valence-electron chi connectivity index (χ0n) is 17.1. The van der Waals surface area contributed by atoms with E-state index in [9.17, 15) is 5.26 Å². The molecule has 0 spiro atoms. The van der Waals surface area contributed by atoms with Crippen LogP contribution in [0, 0.1) is 17.9 Å². The summed E-state index contributed by atoms with van der Waals surface area (Å²) in [4.78, 5) is 3.60. The molecule has 2 heteroatoms. The molecule has 0 fully saturated rings. The second-order valence-corrected chi connectivity index (χ2v) is 8.00. The molecular formula is C30H16N2. The normalized spacial score (nSPS) is 11.1. The number of hydrogen-bond acceptors (Lipinski definition) is 1. The molecule has 146 valence electrons. The maximum absolute atomic E-state index is 9.35. The highest BCUT2D eigenvalue weighted by atomic mass is 14.6. The molecule has 6 rings (SSSR count). The fourth-order valence-electron chi connectivity index (χ4n) is 4.80. The van der Waals surface area contributed by atoms with E-state index < -0.39 is 0 Å². The number of nitriles is 1. The van der Waals surface area contributed by atoms with Crippen molar-refractivity contribution in [3.63, 3.8) is 0 Å². The molecule has 0 saturated heterocycles. The summed E-state index contributed by atoms with van der Waals surface area (Å²) >= 11 is 0. The van der Waals surface area contributed by atoms with Gasteiger partial charge in [0.15, 0.2) is 5.69 Å². The predicted molar refractivity (Wildman–Crippen MR) is 132 cm³/mol. The van der Waals surface area contributed by atoms with Crippen molar-refractivity contribution >= 4 is 38.0 Å². The zero-order valence-corrected chi connectivity index (χ0v) is 17.1. The van der Waals surface area contributed by atoms with Gasteiger partial charge in [0.1, 0.15) is 0 Å². The van der Waals surface area contributed by atoms with E-state index in [2.05, 4.69) is 71.6 Å². The van der Waals surface area contributed by atoms with Crippen LogP contribution in [0.4, 0.5) is 5.69 Å². The molecule has 0 atom stereocenters. The van der Waals surface area contributed by atoms with E-state index in [1.54, 1.807) is 0 Å². The van der Waals surface area contributed by atoms with Gasteiger partial charge in [-0.15, -0.1) is 0 Å². The van der Waals surface area contributed by atoms with Gasteiger partial charge < -0.3 is 0 Å². The van der Waals surface area contributed by atoms with Gasteiger partial charge in [0.05, 0.1) is 18.2 Å². The van der Waals surface area contributed by atoms with Crippen LogP contribution in [0.1, 0.15) is 5.56 Å². The second-order valence-electron chi connectivity index (χ2n) is 8.00. The summed E-state index contributed by atoms with van der Waals surface area (Å²) in [5, 5.41) is 16.6. The van der Waals surface area contributed by atoms with E-state index in [0.29, 0.717) is 11.3 Å². The fourth-order valence-corrected chi connectivity index (χ4v) is 4.80. The van der Waals surface area contributed by atoms with Crippen molar-refractivity contribution in [2.75, 3.05) is 0 Å². The Morgan fingerprint density at radius 2 is 1.19 bits per heavy atom. The summed E-state index contributed by atoms with van der Waals surface area (Å²) in [6, 6.07) is 35.2. The van der Waals surface area contributed by atoms with Crippen LogP contribution in [0.2, 0.25) is 0 Å². The van der Waals surface area contributed by atoms with Gasteiger partial charge in [-0.3, -0.25) is 0 Å². The van der Waals surface area contributed by atoms with Crippen LogP contribution in [-0.2, 0) is 0 Å². The summed E-state index contributed by atoms with van der Waals surface area (Å²) in [6.07, 6.45) is 0. The smallest absolute Gasteiger partial charge is 0.187 e.